The molecule has 0 atom stereocenters. The molecule has 0 aliphatic heterocycles. The highest BCUT2D eigenvalue weighted by atomic mass is 32.1. The second-order valence-electron chi connectivity index (χ2n) is 5.26. The number of amides is 1. The molecule has 0 aliphatic rings. The van der Waals surface area contributed by atoms with Crippen molar-refractivity contribution in [1.82, 2.24) is 24.8 Å². The van der Waals surface area contributed by atoms with Gasteiger partial charge in [0, 0.05) is 10.9 Å². The van der Waals surface area contributed by atoms with Crippen LogP contribution in [0.3, 0.4) is 0 Å². The van der Waals surface area contributed by atoms with E-state index in [0.29, 0.717) is 12.4 Å². The Balaban J connectivity index is 1.50. The number of aromatic nitrogens is 5. The Morgan fingerprint density at radius 1 is 1.08 bits per heavy atom. The fourth-order valence-corrected chi connectivity index (χ4v) is 3.03. The number of hydrogen-bond acceptors (Lipinski definition) is 5. The first-order valence-electron chi connectivity index (χ1n) is 7.63. The summed E-state index contributed by atoms with van der Waals surface area (Å²) in [5, 5.41) is 17.5. The van der Waals surface area contributed by atoms with Crippen molar-refractivity contribution in [2.75, 3.05) is 5.32 Å². The van der Waals surface area contributed by atoms with E-state index in [1.165, 1.54) is 11.0 Å². The van der Waals surface area contributed by atoms with E-state index < -0.39 is 0 Å². The summed E-state index contributed by atoms with van der Waals surface area (Å²) in [6, 6.07) is 15.2. The smallest absolute Gasteiger partial charge is 0.279 e. The quantitative estimate of drug-likeness (QED) is 0.600. The molecule has 1 N–H and O–H groups in total. The lowest BCUT2D eigenvalue weighted by atomic mass is 10.3. The first-order valence-corrected chi connectivity index (χ1v) is 8.51. The van der Waals surface area contributed by atoms with E-state index in [1.54, 1.807) is 28.3 Å². The summed E-state index contributed by atoms with van der Waals surface area (Å²) in [6.45, 7) is 0.608. The van der Waals surface area contributed by atoms with Crippen LogP contribution in [0.25, 0.3) is 5.69 Å². The molecule has 3 aromatic heterocycles. The number of thiophene rings is 1. The molecular formula is C17H14N6OS. The van der Waals surface area contributed by atoms with Crippen molar-refractivity contribution < 1.29 is 4.79 Å². The van der Waals surface area contributed by atoms with Crippen LogP contribution in [0.15, 0.2) is 66.3 Å². The molecule has 7 nitrogen and oxygen atoms in total. The Morgan fingerprint density at radius 2 is 1.96 bits per heavy atom. The number of benzene rings is 1. The Hall–Kier alpha value is -3.26. The van der Waals surface area contributed by atoms with Gasteiger partial charge in [-0.2, -0.15) is 15.0 Å². The molecule has 0 bridgehead atoms. The molecule has 1 aromatic carbocycles. The number of carbonyl (C=O) groups is 1. The van der Waals surface area contributed by atoms with Gasteiger partial charge >= 0.3 is 0 Å². The van der Waals surface area contributed by atoms with Crippen LogP contribution in [0.2, 0.25) is 0 Å². The van der Waals surface area contributed by atoms with E-state index in [0.717, 1.165) is 10.6 Å². The standard InChI is InChI=1S/C17H14N6OS/c24-17(15-11-19-23(21-15)13-5-2-1-3-6-13)20-16-8-9-18-22(16)12-14-7-4-10-25-14/h1-11H,12H2,(H,20,24). The van der Waals surface area contributed by atoms with Gasteiger partial charge in [-0.3, -0.25) is 4.79 Å². The topological polar surface area (TPSA) is 77.6 Å². The molecular weight excluding hydrogens is 336 g/mol. The summed E-state index contributed by atoms with van der Waals surface area (Å²) in [4.78, 5) is 15.0. The zero-order valence-corrected chi connectivity index (χ0v) is 13.9. The molecule has 1 amide bonds. The number of anilines is 1. The summed E-state index contributed by atoms with van der Waals surface area (Å²) in [5.74, 6) is 0.294. The molecule has 25 heavy (non-hydrogen) atoms. The molecule has 0 spiro atoms. The summed E-state index contributed by atoms with van der Waals surface area (Å²) in [5.41, 5.74) is 1.04. The predicted octanol–water partition coefficient (Wildman–Crippen LogP) is 2.83. The van der Waals surface area contributed by atoms with E-state index in [4.69, 9.17) is 0 Å². The molecule has 0 radical (unpaired) electrons. The van der Waals surface area contributed by atoms with Crippen molar-refractivity contribution in [3.05, 3.63) is 76.9 Å². The van der Waals surface area contributed by atoms with Crippen molar-refractivity contribution in [3.8, 4) is 5.69 Å². The second kappa shape index (κ2) is 6.70. The summed E-state index contributed by atoms with van der Waals surface area (Å²) >= 11 is 1.65. The molecule has 8 heteroatoms. The fourth-order valence-electron chi connectivity index (χ4n) is 2.35. The minimum atomic E-state index is -0.324. The van der Waals surface area contributed by atoms with Crippen molar-refractivity contribution in [2.24, 2.45) is 0 Å². The van der Waals surface area contributed by atoms with Crippen molar-refractivity contribution in [2.45, 2.75) is 6.54 Å². The van der Waals surface area contributed by atoms with Crippen molar-refractivity contribution in [1.29, 1.82) is 0 Å². The van der Waals surface area contributed by atoms with Gasteiger partial charge in [-0.25, -0.2) is 4.68 Å². The average Bonchev–Trinajstić information content (AvgIpc) is 3.38. The van der Waals surface area contributed by atoms with Crippen LogP contribution in [-0.2, 0) is 6.54 Å². The lowest BCUT2D eigenvalue weighted by Crippen LogP contribution is -2.16. The highest BCUT2D eigenvalue weighted by Gasteiger charge is 2.14. The third kappa shape index (κ3) is 3.33. The molecule has 4 aromatic rings. The number of nitrogens with zero attached hydrogens (tertiary/aromatic N) is 5. The van der Waals surface area contributed by atoms with Gasteiger partial charge in [0.05, 0.1) is 24.6 Å². The van der Waals surface area contributed by atoms with Crippen molar-refractivity contribution >= 4 is 23.1 Å². The van der Waals surface area contributed by atoms with Gasteiger partial charge in [-0.1, -0.05) is 24.3 Å². The van der Waals surface area contributed by atoms with Crippen LogP contribution in [0.4, 0.5) is 5.82 Å². The van der Waals surface area contributed by atoms with Crippen LogP contribution in [0, 0.1) is 0 Å². The molecule has 0 unspecified atom stereocenters. The number of para-hydroxylation sites is 1. The van der Waals surface area contributed by atoms with E-state index in [2.05, 4.69) is 20.6 Å². The fraction of sp³-hybridized carbons (Fsp3) is 0.0588. The third-order valence-corrected chi connectivity index (χ3v) is 4.42. The Bertz CT molecular complexity index is 974. The lowest BCUT2D eigenvalue weighted by molar-refractivity contribution is 0.102. The van der Waals surface area contributed by atoms with Crippen LogP contribution >= 0.6 is 11.3 Å². The summed E-state index contributed by atoms with van der Waals surface area (Å²) < 4.78 is 1.74. The zero-order chi connectivity index (χ0) is 17.1. The average molecular weight is 350 g/mol. The maximum absolute atomic E-state index is 12.4. The van der Waals surface area contributed by atoms with Gasteiger partial charge in [0.15, 0.2) is 5.69 Å². The first kappa shape index (κ1) is 15.3. The van der Waals surface area contributed by atoms with Gasteiger partial charge in [-0.15, -0.1) is 16.4 Å². The monoisotopic (exact) mass is 350 g/mol. The van der Waals surface area contributed by atoms with E-state index in [1.807, 2.05) is 47.8 Å². The van der Waals surface area contributed by atoms with Gasteiger partial charge in [0.2, 0.25) is 0 Å². The van der Waals surface area contributed by atoms with E-state index in [9.17, 15) is 4.79 Å². The highest BCUT2D eigenvalue weighted by molar-refractivity contribution is 7.09. The van der Waals surface area contributed by atoms with Crippen LogP contribution in [-0.4, -0.2) is 30.7 Å². The van der Waals surface area contributed by atoms with Crippen LogP contribution in [0.1, 0.15) is 15.4 Å². The summed E-state index contributed by atoms with van der Waals surface area (Å²) in [6.07, 6.45) is 3.10. The molecule has 0 aliphatic carbocycles. The zero-order valence-electron chi connectivity index (χ0n) is 13.1. The molecule has 4 rings (SSSR count). The number of hydrogen-bond donors (Lipinski definition) is 1. The normalized spacial score (nSPS) is 10.7. The highest BCUT2D eigenvalue weighted by Crippen LogP contribution is 2.15. The van der Waals surface area contributed by atoms with E-state index in [-0.39, 0.29) is 11.6 Å². The van der Waals surface area contributed by atoms with Gasteiger partial charge in [0.1, 0.15) is 5.82 Å². The molecule has 3 heterocycles. The van der Waals surface area contributed by atoms with Crippen LogP contribution < -0.4 is 5.32 Å². The minimum Gasteiger partial charge on any atom is -0.305 e. The summed E-state index contributed by atoms with van der Waals surface area (Å²) in [7, 11) is 0. The number of rotatable bonds is 5. The number of carbonyl (C=O) groups excluding carboxylic acids is 1. The first-order chi connectivity index (χ1) is 12.3. The molecule has 0 saturated carbocycles. The van der Waals surface area contributed by atoms with Gasteiger partial charge in [-0.05, 0) is 23.6 Å². The molecule has 0 saturated heterocycles. The van der Waals surface area contributed by atoms with Crippen molar-refractivity contribution in [3.63, 3.8) is 0 Å². The molecule has 124 valence electrons. The third-order valence-electron chi connectivity index (χ3n) is 3.56. The Labute approximate surface area is 147 Å². The molecule has 0 fully saturated rings. The lowest BCUT2D eigenvalue weighted by Gasteiger charge is -2.06. The maximum Gasteiger partial charge on any atom is 0.279 e. The van der Waals surface area contributed by atoms with Crippen LogP contribution in [0.5, 0.6) is 0 Å². The van der Waals surface area contributed by atoms with Gasteiger partial charge < -0.3 is 5.32 Å². The number of nitrogens with one attached hydrogen (secondary N) is 1. The largest absolute Gasteiger partial charge is 0.305 e. The predicted molar refractivity (Wildman–Crippen MR) is 95.0 cm³/mol. The second-order valence-corrected chi connectivity index (χ2v) is 6.29. The van der Waals surface area contributed by atoms with Gasteiger partial charge in [0.25, 0.3) is 5.91 Å². The SMILES string of the molecule is O=C(Nc1ccnn1Cc1cccs1)c1cnn(-c2ccccc2)n1. The maximum atomic E-state index is 12.4. The Morgan fingerprint density at radius 3 is 2.76 bits per heavy atom. The van der Waals surface area contributed by atoms with E-state index >= 15 is 0 Å². The minimum absolute atomic E-state index is 0.243. The Kier molecular flexibility index (Phi) is 4.09.